The lowest BCUT2D eigenvalue weighted by Crippen LogP contribution is -1.91. The quantitative estimate of drug-likeness (QED) is 0.807. The topological polar surface area (TPSA) is 55.2 Å². The number of nitrogens with zero attached hydrogens (tertiary/aromatic N) is 2. The fourth-order valence-electron chi connectivity index (χ4n) is 1.29. The van der Waals surface area contributed by atoms with Crippen LogP contribution in [0.5, 0.6) is 11.5 Å². The fraction of sp³-hybridized carbons (Fsp3) is 0.0909. The first-order valence-corrected chi connectivity index (χ1v) is 4.45. The summed E-state index contributed by atoms with van der Waals surface area (Å²) < 4.78 is 5.19. The van der Waals surface area contributed by atoms with Gasteiger partial charge in [-0.05, 0) is 12.1 Å². The first-order chi connectivity index (χ1) is 7.31. The number of aromatic hydroxyl groups is 1. The highest BCUT2D eigenvalue weighted by Crippen LogP contribution is 2.26. The number of benzene rings is 1. The van der Waals surface area contributed by atoms with Gasteiger partial charge in [-0.25, -0.2) is 9.97 Å². The smallest absolute Gasteiger partial charge is 0.163 e. The summed E-state index contributed by atoms with van der Waals surface area (Å²) in [7, 11) is 1.60. The van der Waals surface area contributed by atoms with E-state index in [0.717, 1.165) is 5.56 Å². The molecule has 0 amide bonds. The van der Waals surface area contributed by atoms with E-state index in [1.165, 1.54) is 12.4 Å². The van der Waals surface area contributed by atoms with Gasteiger partial charge in [0.2, 0.25) is 0 Å². The predicted molar refractivity (Wildman–Crippen MR) is 55.7 cm³/mol. The third-order valence-corrected chi connectivity index (χ3v) is 1.99. The molecule has 2 rings (SSSR count). The van der Waals surface area contributed by atoms with Crippen molar-refractivity contribution in [2.45, 2.75) is 0 Å². The molecule has 2 aromatic rings. The molecule has 76 valence electrons. The Morgan fingerprint density at radius 2 is 1.80 bits per heavy atom. The second kappa shape index (κ2) is 3.96. The van der Waals surface area contributed by atoms with Gasteiger partial charge in [-0.3, -0.25) is 0 Å². The molecule has 0 atom stereocenters. The minimum Gasteiger partial charge on any atom is -0.505 e. The van der Waals surface area contributed by atoms with Gasteiger partial charge in [-0.15, -0.1) is 0 Å². The molecule has 1 aromatic carbocycles. The van der Waals surface area contributed by atoms with Crippen LogP contribution in [0, 0.1) is 0 Å². The average molecular weight is 202 g/mol. The second-order valence-corrected chi connectivity index (χ2v) is 2.97. The maximum absolute atomic E-state index is 9.07. The summed E-state index contributed by atoms with van der Waals surface area (Å²) in [5, 5.41) is 9.07. The molecule has 4 nitrogen and oxygen atoms in total. The van der Waals surface area contributed by atoms with Gasteiger partial charge in [-0.2, -0.15) is 0 Å². The lowest BCUT2D eigenvalue weighted by atomic mass is 10.2. The third kappa shape index (κ3) is 1.88. The molecule has 0 unspecified atom stereocenters. The Bertz CT molecular complexity index is 454. The first kappa shape index (κ1) is 9.45. The Balaban J connectivity index is 2.49. The Morgan fingerprint density at radius 3 is 2.47 bits per heavy atom. The molecular formula is C11H10N2O2. The predicted octanol–water partition coefficient (Wildman–Crippen LogP) is 1.86. The van der Waals surface area contributed by atoms with Crippen LogP contribution in [0.1, 0.15) is 0 Å². The lowest BCUT2D eigenvalue weighted by Gasteiger charge is -2.05. The number of ether oxygens (including phenoxy) is 1. The van der Waals surface area contributed by atoms with E-state index < -0.39 is 0 Å². The monoisotopic (exact) mass is 202 g/mol. The van der Waals surface area contributed by atoms with Gasteiger partial charge in [-0.1, -0.05) is 12.1 Å². The zero-order valence-electron chi connectivity index (χ0n) is 8.21. The van der Waals surface area contributed by atoms with Crippen LogP contribution in [-0.2, 0) is 0 Å². The molecule has 0 aliphatic rings. The van der Waals surface area contributed by atoms with Crippen molar-refractivity contribution in [3.8, 4) is 22.9 Å². The van der Waals surface area contributed by atoms with E-state index in [1.807, 2.05) is 24.3 Å². The largest absolute Gasteiger partial charge is 0.505 e. The van der Waals surface area contributed by atoms with Gasteiger partial charge in [0.05, 0.1) is 25.1 Å². The molecule has 4 heteroatoms. The molecule has 1 heterocycles. The van der Waals surface area contributed by atoms with Crippen LogP contribution in [-0.4, -0.2) is 22.2 Å². The summed E-state index contributed by atoms with van der Waals surface area (Å²) in [5.74, 6) is 1.29. The summed E-state index contributed by atoms with van der Waals surface area (Å²) in [6.07, 6.45) is 2.71. The summed E-state index contributed by atoms with van der Waals surface area (Å²) >= 11 is 0. The minimum absolute atomic E-state index is 0.0497. The molecule has 0 saturated carbocycles. The number of methoxy groups -OCH3 is 1. The number of hydrogen-bond acceptors (Lipinski definition) is 4. The van der Waals surface area contributed by atoms with E-state index in [9.17, 15) is 0 Å². The zero-order valence-corrected chi connectivity index (χ0v) is 8.21. The van der Waals surface area contributed by atoms with Crippen molar-refractivity contribution in [3.63, 3.8) is 0 Å². The van der Waals surface area contributed by atoms with Crippen molar-refractivity contribution >= 4 is 0 Å². The second-order valence-electron chi connectivity index (χ2n) is 2.97. The van der Waals surface area contributed by atoms with Crippen LogP contribution in [0.4, 0.5) is 0 Å². The minimum atomic E-state index is 0.0497. The molecule has 1 N–H and O–H groups in total. The Labute approximate surface area is 87.2 Å². The molecule has 0 aliphatic carbocycles. The van der Waals surface area contributed by atoms with Crippen LogP contribution >= 0.6 is 0 Å². The number of aromatic nitrogens is 2. The Hall–Kier alpha value is -2.10. The molecule has 0 spiro atoms. The molecule has 0 saturated heterocycles. The molecule has 1 aromatic heterocycles. The van der Waals surface area contributed by atoms with E-state index in [4.69, 9.17) is 9.84 Å². The first-order valence-electron chi connectivity index (χ1n) is 4.45. The van der Waals surface area contributed by atoms with Crippen LogP contribution in [0.25, 0.3) is 11.4 Å². The summed E-state index contributed by atoms with van der Waals surface area (Å²) in [6.45, 7) is 0. The van der Waals surface area contributed by atoms with Gasteiger partial charge in [0, 0.05) is 0 Å². The van der Waals surface area contributed by atoms with E-state index in [-0.39, 0.29) is 5.75 Å². The SMILES string of the molecule is COc1ccccc1-c1ncc(O)cn1. The Morgan fingerprint density at radius 1 is 1.13 bits per heavy atom. The van der Waals surface area contributed by atoms with E-state index in [2.05, 4.69) is 9.97 Å². The van der Waals surface area contributed by atoms with Gasteiger partial charge in [0.25, 0.3) is 0 Å². The fourth-order valence-corrected chi connectivity index (χ4v) is 1.29. The van der Waals surface area contributed by atoms with Crippen molar-refractivity contribution in [3.05, 3.63) is 36.7 Å². The molecule has 15 heavy (non-hydrogen) atoms. The van der Waals surface area contributed by atoms with Gasteiger partial charge < -0.3 is 9.84 Å². The maximum Gasteiger partial charge on any atom is 0.163 e. The van der Waals surface area contributed by atoms with Crippen molar-refractivity contribution in [2.75, 3.05) is 7.11 Å². The van der Waals surface area contributed by atoms with Crippen LogP contribution in [0.2, 0.25) is 0 Å². The summed E-state index contributed by atoms with van der Waals surface area (Å²) in [5.41, 5.74) is 0.806. The third-order valence-electron chi connectivity index (χ3n) is 1.99. The molecule has 0 aliphatic heterocycles. The summed E-state index contributed by atoms with van der Waals surface area (Å²) in [4.78, 5) is 8.03. The van der Waals surface area contributed by atoms with Gasteiger partial charge >= 0.3 is 0 Å². The number of rotatable bonds is 2. The summed E-state index contributed by atoms with van der Waals surface area (Å²) in [6, 6.07) is 7.47. The highest BCUT2D eigenvalue weighted by Gasteiger charge is 2.06. The molecule has 0 radical (unpaired) electrons. The normalized spacial score (nSPS) is 9.93. The van der Waals surface area contributed by atoms with Gasteiger partial charge in [0.15, 0.2) is 11.6 Å². The van der Waals surface area contributed by atoms with Crippen LogP contribution in [0.15, 0.2) is 36.7 Å². The van der Waals surface area contributed by atoms with Crippen molar-refractivity contribution in [1.29, 1.82) is 0 Å². The van der Waals surface area contributed by atoms with Crippen molar-refractivity contribution in [1.82, 2.24) is 9.97 Å². The maximum atomic E-state index is 9.07. The molecule has 0 fully saturated rings. The van der Waals surface area contributed by atoms with E-state index >= 15 is 0 Å². The highest BCUT2D eigenvalue weighted by molar-refractivity contribution is 5.63. The average Bonchev–Trinajstić information content (AvgIpc) is 2.30. The van der Waals surface area contributed by atoms with Crippen LogP contribution in [0.3, 0.4) is 0 Å². The molecular weight excluding hydrogens is 192 g/mol. The standard InChI is InChI=1S/C11H10N2O2/c1-15-10-5-3-2-4-9(10)11-12-6-8(14)7-13-11/h2-7,14H,1H3. The van der Waals surface area contributed by atoms with Crippen molar-refractivity contribution in [2.24, 2.45) is 0 Å². The zero-order chi connectivity index (χ0) is 10.7. The highest BCUT2D eigenvalue weighted by atomic mass is 16.5. The van der Waals surface area contributed by atoms with Crippen LogP contribution < -0.4 is 4.74 Å². The Kier molecular flexibility index (Phi) is 2.49. The van der Waals surface area contributed by atoms with Gasteiger partial charge in [0.1, 0.15) is 5.75 Å². The number of hydrogen-bond donors (Lipinski definition) is 1. The van der Waals surface area contributed by atoms with E-state index in [0.29, 0.717) is 11.6 Å². The van der Waals surface area contributed by atoms with Crippen molar-refractivity contribution < 1.29 is 9.84 Å². The lowest BCUT2D eigenvalue weighted by molar-refractivity contribution is 0.416. The van der Waals surface area contributed by atoms with E-state index in [1.54, 1.807) is 7.11 Å². The molecule has 0 bridgehead atoms. The number of para-hydroxylation sites is 1.